The molecule has 1 aromatic heterocycles. The number of alkyl halides is 3. The molecule has 2 aromatic rings. The van der Waals surface area contributed by atoms with Crippen molar-refractivity contribution in [3.63, 3.8) is 0 Å². The molecule has 0 radical (unpaired) electrons. The summed E-state index contributed by atoms with van der Waals surface area (Å²) in [5.41, 5.74) is -1.13. The van der Waals surface area contributed by atoms with Crippen LogP contribution in [0.2, 0.25) is 10.0 Å². The van der Waals surface area contributed by atoms with Gasteiger partial charge in [0.2, 0.25) is 0 Å². The van der Waals surface area contributed by atoms with E-state index in [0.29, 0.717) is 4.68 Å². The lowest BCUT2D eigenvalue weighted by Gasteiger charge is -2.23. The SMILES string of the molecule is O=c1c(Cl)c(Cl)cnn1CN(Cc1ccccc1[N+](=O)[O-])CC(F)(F)F. The highest BCUT2D eigenvalue weighted by Crippen LogP contribution is 2.23. The Morgan fingerprint density at radius 2 is 1.92 bits per heavy atom. The number of para-hydroxylation sites is 1. The van der Waals surface area contributed by atoms with Crippen LogP contribution < -0.4 is 5.56 Å². The maximum absolute atomic E-state index is 12.9. The fraction of sp³-hybridized carbons (Fsp3) is 0.286. The van der Waals surface area contributed by atoms with Crippen LogP contribution in [0.1, 0.15) is 5.56 Å². The number of nitrogens with zero attached hydrogens (tertiary/aromatic N) is 4. The zero-order valence-corrected chi connectivity index (χ0v) is 14.4. The molecule has 0 atom stereocenters. The summed E-state index contributed by atoms with van der Waals surface area (Å²) in [6.07, 6.45) is -3.56. The zero-order chi connectivity index (χ0) is 19.5. The lowest BCUT2D eigenvalue weighted by molar-refractivity contribution is -0.385. The molecule has 26 heavy (non-hydrogen) atoms. The molecule has 0 aliphatic heterocycles. The number of nitro benzene ring substituents is 1. The van der Waals surface area contributed by atoms with E-state index in [9.17, 15) is 28.1 Å². The van der Waals surface area contributed by atoms with Gasteiger partial charge in [0.25, 0.3) is 11.2 Å². The monoisotopic (exact) mass is 410 g/mol. The maximum Gasteiger partial charge on any atom is 0.401 e. The summed E-state index contributed by atoms with van der Waals surface area (Å²) in [7, 11) is 0. The lowest BCUT2D eigenvalue weighted by atomic mass is 10.1. The molecule has 0 unspecified atom stereocenters. The van der Waals surface area contributed by atoms with Crippen molar-refractivity contribution in [3.05, 3.63) is 66.5 Å². The average molecular weight is 411 g/mol. The molecule has 0 N–H and O–H groups in total. The van der Waals surface area contributed by atoms with Crippen LogP contribution in [-0.2, 0) is 13.2 Å². The number of hydrogen-bond donors (Lipinski definition) is 0. The van der Waals surface area contributed by atoms with Crippen molar-refractivity contribution < 1.29 is 18.1 Å². The Labute approximate surface area is 154 Å². The number of benzene rings is 1. The Hall–Kier alpha value is -2.17. The third kappa shape index (κ3) is 5.16. The maximum atomic E-state index is 12.9. The fourth-order valence-electron chi connectivity index (χ4n) is 2.21. The predicted molar refractivity (Wildman–Crippen MR) is 88.1 cm³/mol. The molecule has 140 valence electrons. The van der Waals surface area contributed by atoms with Crippen LogP contribution in [-0.4, -0.2) is 32.3 Å². The van der Waals surface area contributed by atoms with E-state index in [4.69, 9.17) is 23.2 Å². The van der Waals surface area contributed by atoms with E-state index in [1.165, 1.54) is 24.3 Å². The molecule has 0 saturated heterocycles. The Kier molecular flexibility index (Phi) is 6.21. The molecule has 1 heterocycles. The fourth-order valence-corrected chi connectivity index (χ4v) is 2.48. The van der Waals surface area contributed by atoms with E-state index in [2.05, 4.69) is 5.10 Å². The first kappa shape index (κ1) is 20.1. The molecule has 0 aliphatic rings. The molecule has 0 saturated carbocycles. The van der Waals surface area contributed by atoms with Gasteiger partial charge in [-0.1, -0.05) is 41.4 Å². The summed E-state index contributed by atoms with van der Waals surface area (Å²) in [6.45, 7) is -2.42. The summed E-state index contributed by atoms with van der Waals surface area (Å²) in [5, 5.41) is 14.2. The Balaban J connectivity index is 2.35. The minimum absolute atomic E-state index is 0.0647. The van der Waals surface area contributed by atoms with Crippen molar-refractivity contribution in [1.29, 1.82) is 0 Å². The lowest BCUT2D eigenvalue weighted by Crippen LogP contribution is -2.39. The number of rotatable bonds is 6. The molecular formula is C14H11Cl2F3N4O3. The summed E-state index contributed by atoms with van der Waals surface area (Å²) in [6, 6.07) is 5.40. The largest absolute Gasteiger partial charge is 0.401 e. The van der Waals surface area contributed by atoms with Crippen LogP contribution in [0.3, 0.4) is 0 Å². The van der Waals surface area contributed by atoms with Crippen LogP contribution in [0.25, 0.3) is 0 Å². The van der Waals surface area contributed by atoms with Gasteiger partial charge in [0.15, 0.2) is 0 Å². The summed E-state index contributed by atoms with van der Waals surface area (Å²) < 4.78 is 39.4. The number of halogens is 5. The Morgan fingerprint density at radius 3 is 2.54 bits per heavy atom. The van der Waals surface area contributed by atoms with Crippen molar-refractivity contribution in [1.82, 2.24) is 14.7 Å². The minimum atomic E-state index is -4.59. The highest BCUT2D eigenvalue weighted by molar-refractivity contribution is 6.41. The first-order valence-corrected chi connectivity index (χ1v) is 7.76. The summed E-state index contributed by atoms with van der Waals surface area (Å²) in [5.74, 6) is 0. The summed E-state index contributed by atoms with van der Waals surface area (Å²) >= 11 is 11.3. The van der Waals surface area contributed by atoms with Crippen LogP contribution in [0.4, 0.5) is 18.9 Å². The van der Waals surface area contributed by atoms with Gasteiger partial charge in [0.05, 0.1) is 29.4 Å². The number of hydrogen-bond acceptors (Lipinski definition) is 5. The van der Waals surface area contributed by atoms with Gasteiger partial charge in [0, 0.05) is 18.2 Å². The van der Waals surface area contributed by atoms with Crippen LogP contribution in [0.5, 0.6) is 0 Å². The second-order valence-corrected chi connectivity index (χ2v) is 6.03. The van der Waals surface area contributed by atoms with Crippen molar-refractivity contribution in [2.45, 2.75) is 19.4 Å². The van der Waals surface area contributed by atoms with Crippen molar-refractivity contribution >= 4 is 28.9 Å². The van der Waals surface area contributed by atoms with Gasteiger partial charge in [-0.15, -0.1) is 0 Å². The molecule has 0 fully saturated rings. The number of aromatic nitrogens is 2. The topological polar surface area (TPSA) is 81.3 Å². The second-order valence-electron chi connectivity index (χ2n) is 5.24. The first-order valence-electron chi connectivity index (χ1n) is 7.01. The molecule has 0 aliphatic carbocycles. The van der Waals surface area contributed by atoms with Crippen LogP contribution in [0, 0.1) is 10.1 Å². The van der Waals surface area contributed by atoms with Gasteiger partial charge in [-0.2, -0.15) is 18.3 Å². The van der Waals surface area contributed by atoms with Crippen LogP contribution >= 0.6 is 23.2 Å². The van der Waals surface area contributed by atoms with E-state index in [-0.39, 0.29) is 21.3 Å². The third-order valence-corrected chi connectivity index (χ3v) is 4.01. The minimum Gasteiger partial charge on any atom is -0.271 e. The van der Waals surface area contributed by atoms with Gasteiger partial charge in [-0.3, -0.25) is 19.8 Å². The highest BCUT2D eigenvalue weighted by Gasteiger charge is 2.32. The molecule has 2 rings (SSSR count). The second kappa shape index (κ2) is 8.02. The van der Waals surface area contributed by atoms with Gasteiger partial charge in [-0.05, 0) is 0 Å². The quantitative estimate of drug-likeness (QED) is 0.537. The number of nitro groups is 1. The third-order valence-electron chi connectivity index (χ3n) is 3.26. The predicted octanol–water partition coefficient (Wildman–Crippen LogP) is 3.48. The standard InChI is InChI=1S/C14H11Cl2F3N4O3/c15-10-5-20-22(13(24)12(10)16)8-21(7-14(17,18)19)6-9-3-1-2-4-11(9)23(25)26/h1-5H,6-8H2. The van der Waals surface area contributed by atoms with E-state index in [0.717, 1.165) is 11.1 Å². The van der Waals surface area contributed by atoms with E-state index in [1.807, 2.05) is 0 Å². The smallest absolute Gasteiger partial charge is 0.271 e. The van der Waals surface area contributed by atoms with Gasteiger partial charge in [-0.25, -0.2) is 4.68 Å². The molecular weight excluding hydrogens is 400 g/mol. The van der Waals surface area contributed by atoms with Gasteiger partial charge in [0.1, 0.15) is 5.02 Å². The molecule has 0 spiro atoms. The van der Waals surface area contributed by atoms with Crippen molar-refractivity contribution in [2.24, 2.45) is 0 Å². The average Bonchev–Trinajstić information content (AvgIpc) is 2.54. The van der Waals surface area contributed by atoms with E-state index < -0.39 is 36.4 Å². The van der Waals surface area contributed by atoms with Crippen LogP contribution in [0.15, 0.2) is 35.3 Å². The molecule has 1 aromatic carbocycles. The first-order chi connectivity index (χ1) is 12.1. The summed E-state index contributed by atoms with van der Waals surface area (Å²) in [4.78, 5) is 23.1. The Morgan fingerprint density at radius 1 is 1.27 bits per heavy atom. The molecule has 7 nitrogen and oxygen atoms in total. The van der Waals surface area contributed by atoms with Gasteiger partial charge >= 0.3 is 6.18 Å². The Bertz CT molecular complexity index is 873. The molecule has 0 bridgehead atoms. The molecule has 12 heteroatoms. The van der Waals surface area contributed by atoms with Crippen molar-refractivity contribution in [2.75, 3.05) is 6.54 Å². The van der Waals surface area contributed by atoms with E-state index in [1.54, 1.807) is 0 Å². The van der Waals surface area contributed by atoms with Crippen molar-refractivity contribution in [3.8, 4) is 0 Å². The van der Waals surface area contributed by atoms with Gasteiger partial charge < -0.3 is 0 Å². The zero-order valence-electron chi connectivity index (χ0n) is 12.9. The normalized spacial score (nSPS) is 11.8. The van der Waals surface area contributed by atoms with E-state index >= 15 is 0 Å². The highest BCUT2D eigenvalue weighted by atomic mass is 35.5. The molecule has 0 amide bonds.